The van der Waals surface area contributed by atoms with Gasteiger partial charge in [-0.1, -0.05) is 13.8 Å². The Labute approximate surface area is 72.6 Å². The maximum Gasteiger partial charge on any atom is 0.0740 e. The van der Waals surface area contributed by atoms with E-state index in [1.165, 1.54) is 16.8 Å². The summed E-state index contributed by atoms with van der Waals surface area (Å²) in [5.41, 5.74) is 3.73. The third-order valence-electron chi connectivity index (χ3n) is 2.21. The zero-order chi connectivity index (χ0) is 8.55. The maximum atomic E-state index is 5.31. The van der Waals surface area contributed by atoms with E-state index < -0.39 is 0 Å². The number of hydrogen-bond acceptors (Lipinski definition) is 2. The molecule has 2 rings (SSSR count). The van der Waals surface area contributed by atoms with Crippen molar-refractivity contribution in [2.45, 2.75) is 33.0 Å². The normalized spacial score (nSPS) is 15.2. The molecule has 0 aromatic carbocycles. The lowest BCUT2D eigenvalue weighted by Gasteiger charge is -2.05. The van der Waals surface area contributed by atoms with Gasteiger partial charge in [0.2, 0.25) is 0 Å². The highest BCUT2D eigenvalue weighted by Crippen LogP contribution is 2.22. The molecule has 0 N–H and O–H groups in total. The second-order valence-corrected chi connectivity index (χ2v) is 3.53. The van der Waals surface area contributed by atoms with Crippen LogP contribution in [0.25, 0.3) is 0 Å². The SMILES string of the molecule is CC(C)c1cc2c(cn1)COC2. The van der Waals surface area contributed by atoms with Gasteiger partial charge in [0.15, 0.2) is 0 Å². The molecule has 2 heteroatoms. The molecule has 1 aliphatic heterocycles. The van der Waals surface area contributed by atoms with Gasteiger partial charge in [0, 0.05) is 17.5 Å². The van der Waals surface area contributed by atoms with Crippen molar-refractivity contribution in [3.8, 4) is 0 Å². The van der Waals surface area contributed by atoms with Gasteiger partial charge in [-0.3, -0.25) is 4.98 Å². The Kier molecular flexibility index (Phi) is 1.85. The largest absolute Gasteiger partial charge is 0.372 e. The molecule has 1 aromatic heterocycles. The van der Waals surface area contributed by atoms with Gasteiger partial charge in [-0.25, -0.2) is 0 Å². The minimum Gasteiger partial charge on any atom is -0.372 e. The topological polar surface area (TPSA) is 22.1 Å². The second-order valence-electron chi connectivity index (χ2n) is 3.53. The molecule has 0 aliphatic carbocycles. The van der Waals surface area contributed by atoms with Crippen molar-refractivity contribution in [1.82, 2.24) is 4.98 Å². The van der Waals surface area contributed by atoms with Crippen molar-refractivity contribution in [2.24, 2.45) is 0 Å². The second kappa shape index (κ2) is 2.87. The molecule has 2 heterocycles. The monoisotopic (exact) mass is 163 g/mol. The van der Waals surface area contributed by atoms with Crippen LogP contribution in [0.1, 0.15) is 36.6 Å². The van der Waals surface area contributed by atoms with Crippen LogP contribution in [-0.2, 0) is 18.0 Å². The lowest BCUT2D eigenvalue weighted by molar-refractivity contribution is 0.134. The Morgan fingerprint density at radius 3 is 2.83 bits per heavy atom. The van der Waals surface area contributed by atoms with E-state index in [9.17, 15) is 0 Å². The molecule has 0 saturated carbocycles. The standard InChI is InChI=1S/C10H13NO/c1-7(2)10-3-8-5-12-6-9(8)4-11-10/h3-4,7H,5-6H2,1-2H3. The lowest BCUT2D eigenvalue weighted by Crippen LogP contribution is -1.94. The first-order valence-electron chi connectivity index (χ1n) is 4.33. The van der Waals surface area contributed by atoms with E-state index in [1.807, 2.05) is 6.20 Å². The molecule has 0 amide bonds. The highest BCUT2D eigenvalue weighted by atomic mass is 16.5. The summed E-state index contributed by atoms with van der Waals surface area (Å²) >= 11 is 0. The third-order valence-corrected chi connectivity index (χ3v) is 2.21. The summed E-state index contributed by atoms with van der Waals surface area (Å²) in [6.07, 6.45) is 1.94. The van der Waals surface area contributed by atoms with Crippen molar-refractivity contribution in [3.63, 3.8) is 0 Å². The van der Waals surface area contributed by atoms with Crippen molar-refractivity contribution in [1.29, 1.82) is 0 Å². The van der Waals surface area contributed by atoms with Crippen LogP contribution < -0.4 is 0 Å². The van der Waals surface area contributed by atoms with Crippen LogP contribution >= 0.6 is 0 Å². The molecule has 0 bridgehead atoms. The fourth-order valence-corrected chi connectivity index (χ4v) is 1.39. The number of ether oxygens (including phenoxy) is 1. The van der Waals surface area contributed by atoms with Crippen LogP contribution in [0.5, 0.6) is 0 Å². The molecular formula is C10H13NO. The van der Waals surface area contributed by atoms with Gasteiger partial charge >= 0.3 is 0 Å². The van der Waals surface area contributed by atoms with E-state index in [4.69, 9.17) is 4.74 Å². The number of aromatic nitrogens is 1. The molecule has 64 valence electrons. The fourth-order valence-electron chi connectivity index (χ4n) is 1.39. The lowest BCUT2D eigenvalue weighted by atomic mass is 10.1. The minimum atomic E-state index is 0.510. The molecule has 1 aromatic rings. The van der Waals surface area contributed by atoms with Crippen molar-refractivity contribution >= 4 is 0 Å². The molecule has 2 nitrogen and oxygen atoms in total. The Balaban J connectivity index is 2.39. The predicted molar refractivity (Wildman–Crippen MR) is 46.8 cm³/mol. The van der Waals surface area contributed by atoms with Gasteiger partial charge in [-0.05, 0) is 17.5 Å². The van der Waals surface area contributed by atoms with Gasteiger partial charge < -0.3 is 4.74 Å². The fraction of sp³-hybridized carbons (Fsp3) is 0.500. The zero-order valence-corrected chi connectivity index (χ0v) is 7.50. The van der Waals surface area contributed by atoms with Crippen LogP contribution in [-0.4, -0.2) is 4.98 Å². The molecule has 0 radical (unpaired) electrons. The summed E-state index contributed by atoms with van der Waals surface area (Å²) in [5.74, 6) is 0.510. The van der Waals surface area contributed by atoms with E-state index in [0.29, 0.717) is 5.92 Å². The molecule has 0 unspecified atom stereocenters. The van der Waals surface area contributed by atoms with E-state index in [2.05, 4.69) is 24.9 Å². The van der Waals surface area contributed by atoms with Gasteiger partial charge in [0.1, 0.15) is 0 Å². The van der Waals surface area contributed by atoms with E-state index in [0.717, 1.165) is 13.2 Å². The van der Waals surface area contributed by atoms with Crippen LogP contribution in [0, 0.1) is 0 Å². The van der Waals surface area contributed by atoms with Gasteiger partial charge in [0.25, 0.3) is 0 Å². The Morgan fingerprint density at radius 2 is 2.08 bits per heavy atom. The first kappa shape index (κ1) is 7.74. The highest BCUT2D eigenvalue weighted by molar-refractivity contribution is 5.28. The third kappa shape index (κ3) is 1.23. The first-order chi connectivity index (χ1) is 5.77. The van der Waals surface area contributed by atoms with E-state index in [1.54, 1.807) is 0 Å². The number of nitrogens with zero attached hydrogens (tertiary/aromatic N) is 1. The Bertz CT molecular complexity index is 294. The average Bonchev–Trinajstić information content (AvgIpc) is 2.49. The van der Waals surface area contributed by atoms with Crippen LogP contribution in [0.2, 0.25) is 0 Å². The van der Waals surface area contributed by atoms with Crippen LogP contribution in [0.15, 0.2) is 12.3 Å². The van der Waals surface area contributed by atoms with E-state index in [-0.39, 0.29) is 0 Å². The quantitative estimate of drug-likeness (QED) is 0.633. The average molecular weight is 163 g/mol. The van der Waals surface area contributed by atoms with Crippen molar-refractivity contribution in [3.05, 3.63) is 29.1 Å². The Hall–Kier alpha value is -0.890. The number of rotatable bonds is 1. The maximum absolute atomic E-state index is 5.31. The molecule has 12 heavy (non-hydrogen) atoms. The Morgan fingerprint density at radius 1 is 1.33 bits per heavy atom. The van der Waals surface area contributed by atoms with Crippen molar-refractivity contribution < 1.29 is 4.74 Å². The molecular weight excluding hydrogens is 150 g/mol. The highest BCUT2D eigenvalue weighted by Gasteiger charge is 2.12. The summed E-state index contributed by atoms with van der Waals surface area (Å²) in [4.78, 5) is 4.37. The van der Waals surface area contributed by atoms with Crippen LogP contribution in [0.3, 0.4) is 0 Å². The summed E-state index contributed by atoms with van der Waals surface area (Å²) in [6.45, 7) is 5.81. The molecule has 0 saturated heterocycles. The van der Waals surface area contributed by atoms with E-state index >= 15 is 0 Å². The summed E-state index contributed by atoms with van der Waals surface area (Å²) in [5, 5.41) is 0. The summed E-state index contributed by atoms with van der Waals surface area (Å²) < 4.78 is 5.31. The van der Waals surface area contributed by atoms with Gasteiger partial charge in [-0.2, -0.15) is 0 Å². The summed E-state index contributed by atoms with van der Waals surface area (Å²) in [6, 6.07) is 2.16. The molecule has 0 fully saturated rings. The zero-order valence-electron chi connectivity index (χ0n) is 7.50. The number of pyridine rings is 1. The smallest absolute Gasteiger partial charge is 0.0740 e. The van der Waals surface area contributed by atoms with Crippen molar-refractivity contribution in [2.75, 3.05) is 0 Å². The molecule has 0 atom stereocenters. The molecule has 1 aliphatic rings. The predicted octanol–water partition coefficient (Wildman–Crippen LogP) is 2.24. The minimum absolute atomic E-state index is 0.510. The van der Waals surface area contributed by atoms with Gasteiger partial charge in [0.05, 0.1) is 13.2 Å². The van der Waals surface area contributed by atoms with Crippen LogP contribution in [0.4, 0.5) is 0 Å². The number of fused-ring (bicyclic) bond motifs is 1. The first-order valence-corrected chi connectivity index (χ1v) is 4.33. The number of hydrogen-bond donors (Lipinski definition) is 0. The van der Waals surface area contributed by atoms with Gasteiger partial charge in [-0.15, -0.1) is 0 Å². The summed E-state index contributed by atoms with van der Waals surface area (Å²) in [7, 11) is 0. The molecule has 0 spiro atoms.